The number of amides is 2. The van der Waals surface area contributed by atoms with Crippen LogP contribution in [0.4, 0.5) is 4.39 Å². The standard InChI is InChI=1S/C36H41FN4O2/c1-35(2,37)24-38-34(43)36(29-15-7-5-13-27(29)28-14-6-8-16-30(28)36)19-10-11-20-41-21-18-26(23-41)39-33(42)32-22-25-12-4-9-17-31(25)40(32)3/h4-9,12-17,22,26H,10-11,18-21,23-24H2,1-3H3,(H,38,43)(H,39,42). The minimum Gasteiger partial charge on any atom is -0.352 e. The second-order valence-corrected chi connectivity index (χ2v) is 12.8. The maximum atomic E-state index is 14.5. The largest absolute Gasteiger partial charge is 0.352 e. The molecule has 1 saturated heterocycles. The molecule has 1 aliphatic heterocycles. The maximum Gasteiger partial charge on any atom is 0.268 e. The molecule has 224 valence electrons. The van der Waals surface area contributed by atoms with Crippen LogP contribution in [0, 0.1) is 0 Å². The van der Waals surface area contributed by atoms with E-state index in [1.54, 1.807) is 0 Å². The van der Waals surface area contributed by atoms with Gasteiger partial charge in [-0.15, -0.1) is 0 Å². The van der Waals surface area contributed by atoms with Crippen molar-refractivity contribution in [2.75, 3.05) is 26.2 Å². The fourth-order valence-electron chi connectivity index (χ4n) is 7.04. The molecule has 2 N–H and O–H groups in total. The Bertz CT molecular complexity index is 1610. The van der Waals surface area contributed by atoms with E-state index in [1.807, 2.05) is 66.2 Å². The van der Waals surface area contributed by atoms with E-state index in [0.717, 1.165) is 72.1 Å². The molecule has 7 heteroatoms. The lowest BCUT2D eigenvalue weighted by Gasteiger charge is -2.32. The normalized spacial score (nSPS) is 17.5. The summed E-state index contributed by atoms with van der Waals surface area (Å²) in [5.41, 5.74) is 3.55. The molecule has 1 aliphatic carbocycles. The molecule has 1 fully saturated rings. The molecule has 0 bridgehead atoms. The number of nitrogens with one attached hydrogen (secondary N) is 2. The minimum atomic E-state index is -1.50. The van der Waals surface area contributed by atoms with Crippen molar-refractivity contribution < 1.29 is 14.0 Å². The first kappa shape index (κ1) is 29.1. The predicted molar refractivity (Wildman–Crippen MR) is 170 cm³/mol. The van der Waals surface area contributed by atoms with Gasteiger partial charge in [0.15, 0.2) is 0 Å². The summed E-state index contributed by atoms with van der Waals surface area (Å²) >= 11 is 0. The molecular weight excluding hydrogens is 539 g/mol. The van der Waals surface area contributed by atoms with Crippen molar-refractivity contribution in [1.29, 1.82) is 0 Å². The van der Waals surface area contributed by atoms with Crippen molar-refractivity contribution in [2.24, 2.45) is 7.05 Å². The molecular formula is C36H41FN4O2. The topological polar surface area (TPSA) is 66.4 Å². The Hall–Kier alpha value is -3.97. The summed E-state index contributed by atoms with van der Waals surface area (Å²) in [6, 6.07) is 26.4. The van der Waals surface area contributed by atoms with Crippen LogP contribution < -0.4 is 10.6 Å². The van der Waals surface area contributed by atoms with Crippen LogP contribution in [0.2, 0.25) is 0 Å². The molecule has 6 rings (SSSR count). The molecule has 1 unspecified atom stereocenters. The first-order valence-electron chi connectivity index (χ1n) is 15.4. The summed E-state index contributed by atoms with van der Waals surface area (Å²) in [7, 11) is 1.94. The molecule has 43 heavy (non-hydrogen) atoms. The number of aromatic nitrogens is 1. The highest BCUT2D eigenvalue weighted by molar-refractivity contribution is 6.01. The van der Waals surface area contributed by atoms with Gasteiger partial charge in [-0.25, -0.2) is 4.39 Å². The van der Waals surface area contributed by atoms with Gasteiger partial charge in [-0.2, -0.15) is 0 Å². The Labute approximate surface area is 253 Å². The van der Waals surface area contributed by atoms with Crippen LogP contribution in [0.15, 0.2) is 78.9 Å². The number of aryl methyl sites for hydroxylation is 1. The molecule has 6 nitrogen and oxygen atoms in total. The van der Waals surface area contributed by atoms with Gasteiger partial charge in [-0.1, -0.05) is 73.2 Å². The third-order valence-corrected chi connectivity index (χ3v) is 9.19. The summed E-state index contributed by atoms with van der Waals surface area (Å²) in [4.78, 5) is 29.5. The van der Waals surface area contributed by atoms with Crippen molar-refractivity contribution in [2.45, 2.75) is 56.7 Å². The Balaban J connectivity index is 1.10. The lowest BCUT2D eigenvalue weighted by atomic mass is 9.73. The van der Waals surface area contributed by atoms with Gasteiger partial charge in [-0.05, 0) is 74.0 Å². The predicted octanol–water partition coefficient (Wildman–Crippen LogP) is 5.98. The number of rotatable bonds is 10. The minimum absolute atomic E-state index is 0.0302. The molecule has 1 atom stereocenters. The van der Waals surface area contributed by atoms with Crippen molar-refractivity contribution >= 4 is 22.7 Å². The molecule has 2 aliphatic rings. The number of hydrogen-bond donors (Lipinski definition) is 2. The van der Waals surface area contributed by atoms with Crippen LogP contribution in [0.3, 0.4) is 0 Å². The zero-order valence-electron chi connectivity index (χ0n) is 25.3. The fraction of sp³-hybridized carbons (Fsp3) is 0.389. The van der Waals surface area contributed by atoms with Crippen LogP contribution in [-0.2, 0) is 17.3 Å². The molecule has 3 aromatic carbocycles. The summed E-state index contributed by atoms with van der Waals surface area (Å²) in [5, 5.41) is 7.26. The number of nitrogens with zero attached hydrogens (tertiary/aromatic N) is 2. The van der Waals surface area contributed by atoms with E-state index in [1.165, 1.54) is 13.8 Å². The van der Waals surface area contributed by atoms with E-state index in [4.69, 9.17) is 0 Å². The van der Waals surface area contributed by atoms with Crippen LogP contribution in [0.25, 0.3) is 22.0 Å². The van der Waals surface area contributed by atoms with E-state index < -0.39 is 11.1 Å². The van der Waals surface area contributed by atoms with Crippen molar-refractivity contribution in [3.63, 3.8) is 0 Å². The summed E-state index contributed by atoms with van der Waals surface area (Å²) in [6.45, 7) is 5.60. The molecule has 4 aromatic rings. The third kappa shape index (κ3) is 5.58. The number of hydrogen-bond acceptors (Lipinski definition) is 3. The van der Waals surface area contributed by atoms with Gasteiger partial charge in [0.25, 0.3) is 5.91 Å². The number of unbranched alkanes of at least 4 members (excludes halogenated alkanes) is 1. The summed E-state index contributed by atoms with van der Waals surface area (Å²) in [6.07, 6.45) is 3.34. The number of benzene rings is 3. The van der Waals surface area contributed by atoms with Gasteiger partial charge in [0.05, 0.1) is 6.54 Å². The maximum absolute atomic E-state index is 14.5. The molecule has 0 saturated carbocycles. The third-order valence-electron chi connectivity index (χ3n) is 9.19. The lowest BCUT2D eigenvalue weighted by Crippen LogP contribution is -2.47. The number of likely N-dealkylation sites (tertiary alicyclic amines) is 1. The van der Waals surface area contributed by atoms with Crippen molar-refractivity contribution in [1.82, 2.24) is 20.1 Å². The summed E-state index contributed by atoms with van der Waals surface area (Å²) in [5.74, 6) is -0.165. The summed E-state index contributed by atoms with van der Waals surface area (Å²) < 4.78 is 16.4. The van der Waals surface area contributed by atoms with E-state index in [0.29, 0.717) is 12.1 Å². The highest BCUT2D eigenvalue weighted by Gasteiger charge is 2.48. The Morgan fingerprint density at radius 3 is 2.28 bits per heavy atom. The van der Waals surface area contributed by atoms with Crippen LogP contribution >= 0.6 is 0 Å². The average molecular weight is 581 g/mol. The smallest absolute Gasteiger partial charge is 0.268 e. The highest BCUT2D eigenvalue weighted by Crippen LogP contribution is 2.51. The number of fused-ring (bicyclic) bond motifs is 4. The monoisotopic (exact) mass is 580 g/mol. The number of para-hydroxylation sites is 1. The van der Waals surface area contributed by atoms with Crippen LogP contribution in [0.5, 0.6) is 0 Å². The number of carbonyl (C=O) groups is 2. The van der Waals surface area contributed by atoms with Crippen molar-refractivity contribution in [3.05, 3.63) is 95.7 Å². The molecule has 2 heterocycles. The second kappa shape index (κ2) is 11.6. The number of carbonyl (C=O) groups excluding carboxylic acids is 2. The van der Waals surface area contributed by atoms with Gasteiger partial charge in [0, 0.05) is 37.1 Å². The molecule has 0 radical (unpaired) electrons. The Kier molecular flexibility index (Phi) is 7.86. The Morgan fingerprint density at radius 2 is 1.60 bits per heavy atom. The van der Waals surface area contributed by atoms with Gasteiger partial charge in [-0.3, -0.25) is 9.59 Å². The van der Waals surface area contributed by atoms with Crippen molar-refractivity contribution in [3.8, 4) is 11.1 Å². The fourth-order valence-corrected chi connectivity index (χ4v) is 7.04. The zero-order valence-corrected chi connectivity index (χ0v) is 25.3. The highest BCUT2D eigenvalue weighted by atomic mass is 19.1. The SMILES string of the molecule is Cn1c(C(=O)NC2CCN(CCCCC3(C(=O)NCC(C)(C)F)c4ccccc4-c4ccccc43)C2)cc2ccccc21. The van der Waals surface area contributed by atoms with Gasteiger partial charge >= 0.3 is 0 Å². The van der Waals surface area contributed by atoms with E-state index in [2.05, 4.69) is 39.8 Å². The van der Waals surface area contributed by atoms with Crippen LogP contribution in [-0.4, -0.2) is 59.2 Å². The number of halogens is 1. The average Bonchev–Trinajstić information content (AvgIpc) is 3.67. The zero-order chi connectivity index (χ0) is 30.2. The van der Waals surface area contributed by atoms with E-state index in [-0.39, 0.29) is 24.4 Å². The lowest BCUT2D eigenvalue weighted by molar-refractivity contribution is -0.126. The van der Waals surface area contributed by atoms with Crippen LogP contribution in [0.1, 0.15) is 61.1 Å². The second-order valence-electron chi connectivity index (χ2n) is 12.8. The first-order valence-corrected chi connectivity index (χ1v) is 15.4. The molecule has 0 spiro atoms. The quantitative estimate of drug-likeness (QED) is 0.227. The van der Waals surface area contributed by atoms with Gasteiger partial charge in [0.2, 0.25) is 5.91 Å². The van der Waals surface area contributed by atoms with E-state index in [9.17, 15) is 14.0 Å². The molecule has 1 aromatic heterocycles. The van der Waals surface area contributed by atoms with Gasteiger partial charge in [0.1, 0.15) is 16.8 Å². The first-order chi connectivity index (χ1) is 20.7. The van der Waals surface area contributed by atoms with E-state index >= 15 is 0 Å². The van der Waals surface area contributed by atoms with Gasteiger partial charge < -0.3 is 20.1 Å². The Morgan fingerprint density at radius 1 is 0.953 bits per heavy atom. The molecule has 2 amide bonds. The number of alkyl halides is 1.